The fourth-order valence-corrected chi connectivity index (χ4v) is 3.88. The van der Waals surface area contributed by atoms with Crippen molar-refractivity contribution in [3.05, 3.63) is 79.5 Å². The van der Waals surface area contributed by atoms with Crippen molar-refractivity contribution in [1.29, 1.82) is 0 Å². The van der Waals surface area contributed by atoms with Crippen molar-refractivity contribution < 1.29 is 9.90 Å². The van der Waals surface area contributed by atoms with Gasteiger partial charge >= 0.3 is 0 Å². The predicted octanol–water partition coefficient (Wildman–Crippen LogP) is 4.54. The highest BCUT2D eigenvalue weighted by Gasteiger charge is 2.07. The molecule has 3 aromatic rings. The minimum atomic E-state index is -0.300. The van der Waals surface area contributed by atoms with Crippen LogP contribution >= 0.6 is 31.9 Å². The highest BCUT2D eigenvalue weighted by molar-refractivity contribution is 9.11. The summed E-state index contributed by atoms with van der Waals surface area (Å²) >= 11 is 6.51. The number of hydrazone groups is 1. The quantitative estimate of drug-likeness (QED) is 0.394. The maximum atomic E-state index is 12.2. The number of nitrogens with zero attached hydrogens (tertiary/aromatic N) is 3. The molecule has 0 spiro atoms. The summed E-state index contributed by atoms with van der Waals surface area (Å²) in [6.07, 6.45) is 1.50. The van der Waals surface area contributed by atoms with Crippen molar-refractivity contribution in [1.82, 2.24) is 15.2 Å². The summed E-state index contributed by atoms with van der Waals surface area (Å²) in [6.45, 7) is 4.64. The van der Waals surface area contributed by atoms with Gasteiger partial charge in [0.2, 0.25) is 0 Å². The Morgan fingerprint density at radius 1 is 1.18 bits per heavy atom. The van der Waals surface area contributed by atoms with Gasteiger partial charge in [0.15, 0.2) is 0 Å². The molecule has 0 saturated carbocycles. The topological polar surface area (TPSA) is 79.5 Å². The van der Waals surface area contributed by atoms with E-state index in [0.717, 1.165) is 22.5 Å². The summed E-state index contributed by atoms with van der Waals surface area (Å²) in [5.74, 6) is -0.187. The number of aromatic nitrogens is 2. The Morgan fingerprint density at radius 2 is 1.82 bits per heavy atom. The number of hydrogen-bond donors (Lipinski definition) is 2. The SMILES string of the molecule is Cc1cc(C)n(Cc2ccc(C(=O)N/N=C\c3cc(Br)c(O)c(Br)c3)cc2)n1. The highest BCUT2D eigenvalue weighted by atomic mass is 79.9. The zero-order valence-corrected chi connectivity index (χ0v) is 18.5. The molecule has 2 N–H and O–H groups in total. The van der Waals surface area contributed by atoms with Gasteiger partial charge in [-0.15, -0.1) is 0 Å². The number of benzene rings is 2. The molecule has 0 saturated heterocycles. The Labute approximate surface area is 179 Å². The van der Waals surface area contributed by atoms with Gasteiger partial charge in [0.25, 0.3) is 5.91 Å². The Morgan fingerprint density at radius 3 is 2.39 bits per heavy atom. The Balaban J connectivity index is 1.62. The number of phenols is 1. The largest absolute Gasteiger partial charge is 0.506 e. The van der Waals surface area contributed by atoms with Crippen LogP contribution in [-0.2, 0) is 6.54 Å². The monoisotopic (exact) mass is 504 g/mol. The van der Waals surface area contributed by atoms with Gasteiger partial charge < -0.3 is 5.11 Å². The van der Waals surface area contributed by atoms with Crippen molar-refractivity contribution in [3.63, 3.8) is 0 Å². The second-order valence-electron chi connectivity index (χ2n) is 6.31. The van der Waals surface area contributed by atoms with Crippen molar-refractivity contribution >= 4 is 44.0 Å². The molecule has 0 radical (unpaired) electrons. The third-order valence-electron chi connectivity index (χ3n) is 4.07. The molecule has 0 atom stereocenters. The molecule has 0 aliphatic rings. The van der Waals surface area contributed by atoms with Gasteiger partial charge in [-0.1, -0.05) is 12.1 Å². The number of nitrogens with one attached hydrogen (secondary N) is 1. The van der Waals surface area contributed by atoms with Crippen LogP contribution in [0.1, 0.15) is 32.9 Å². The van der Waals surface area contributed by atoms with Crippen LogP contribution in [0.2, 0.25) is 0 Å². The summed E-state index contributed by atoms with van der Waals surface area (Å²) in [4.78, 5) is 12.2. The predicted molar refractivity (Wildman–Crippen MR) is 116 cm³/mol. The van der Waals surface area contributed by atoms with Crippen molar-refractivity contribution in [2.75, 3.05) is 0 Å². The van der Waals surface area contributed by atoms with E-state index in [2.05, 4.69) is 47.5 Å². The van der Waals surface area contributed by atoms with Crippen LogP contribution in [-0.4, -0.2) is 27.0 Å². The van der Waals surface area contributed by atoms with E-state index in [9.17, 15) is 9.90 Å². The minimum Gasteiger partial charge on any atom is -0.506 e. The van der Waals surface area contributed by atoms with E-state index >= 15 is 0 Å². The first kappa shape index (κ1) is 20.3. The average Bonchev–Trinajstić information content (AvgIpc) is 2.97. The zero-order valence-electron chi connectivity index (χ0n) is 15.3. The summed E-state index contributed by atoms with van der Waals surface area (Å²) in [5, 5.41) is 18.1. The second-order valence-corrected chi connectivity index (χ2v) is 8.02. The van der Waals surface area contributed by atoms with E-state index in [1.807, 2.05) is 36.7 Å². The standard InChI is InChI=1S/C20H18Br2N4O2/c1-12-7-13(2)26(25-12)11-14-3-5-16(6-4-14)20(28)24-23-10-15-8-17(21)19(27)18(22)9-15/h3-10,27H,11H2,1-2H3,(H,24,28)/b23-10-. The summed E-state index contributed by atoms with van der Waals surface area (Å²) < 4.78 is 3.00. The van der Waals surface area contributed by atoms with E-state index < -0.39 is 0 Å². The number of halogens is 2. The molecule has 1 aromatic heterocycles. The number of aromatic hydroxyl groups is 1. The molecule has 0 unspecified atom stereocenters. The van der Waals surface area contributed by atoms with E-state index in [1.165, 1.54) is 6.21 Å². The van der Waals surface area contributed by atoms with Crippen LogP contribution < -0.4 is 5.43 Å². The summed E-state index contributed by atoms with van der Waals surface area (Å²) in [5.41, 5.74) is 6.88. The van der Waals surface area contributed by atoms with Crippen LogP contribution in [0.4, 0.5) is 0 Å². The zero-order chi connectivity index (χ0) is 20.3. The first-order chi connectivity index (χ1) is 13.3. The van der Waals surface area contributed by atoms with Gasteiger partial charge in [-0.3, -0.25) is 9.48 Å². The molecule has 3 rings (SSSR count). The van der Waals surface area contributed by atoms with Crippen molar-refractivity contribution in [3.8, 4) is 5.75 Å². The molecule has 0 aliphatic carbocycles. The van der Waals surface area contributed by atoms with Gasteiger partial charge in [0.05, 0.1) is 27.4 Å². The molecule has 6 nitrogen and oxygen atoms in total. The van der Waals surface area contributed by atoms with Crippen LogP contribution in [0.15, 0.2) is 56.5 Å². The number of hydrogen-bond acceptors (Lipinski definition) is 4. The Bertz CT molecular complexity index is 1020. The fourth-order valence-electron chi connectivity index (χ4n) is 2.66. The lowest BCUT2D eigenvalue weighted by Gasteiger charge is -2.06. The third kappa shape index (κ3) is 4.88. The van der Waals surface area contributed by atoms with E-state index in [4.69, 9.17) is 0 Å². The molecule has 8 heteroatoms. The maximum absolute atomic E-state index is 12.2. The molecule has 2 aromatic carbocycles. The van der Waals surface area contributed by atoms with Gasteiger partial charge in [-0.2, -0.15) is 10.2 Å². The van der Waals surface area contributed by atoms with Gasteiger partial charge in [0.1, 0.15) is 5.75 Å². The minimum absolute atomic E-state index is 0.113. The van der Waals surface area contributed by atoms with Crippen molar-refractivity contribution in [2.24, 2.45) is 5.10 Å². The third-order valence-corrected chi connectivity index (χ3v) is 5.28. The molecule has 28 heavy (non-hydrogen) atoms. The first-order valence-electron chi connectivity index (χ1n) is 8.45. The van der Waals surface area contributed by atoms with E-state index in [1.54, 1.807) is 24.3 Å². The molecule has 144 valence electrons. The molecule has 0 aliphatic heterocycles. The highest BCUT2D eigenvalue weighted by Crippen LogP contribution is 2.32. The Hall–Kier alpha value is -2.45. The lowest BCUT2D eigenvalue weighted by molar-refractivity contribution is 0.0955. The molecule has 0 bridgehead atoms. The fraction of sp³-hybridized carbons (Fsp3) is 0.150. The van der Waals surface area contributed by atoms with Crippen LogP contribution in [0, 0.1) is 13.8 Å². The number of phenolic OH excluding ortho intramolecular Hbond substituents is 1. The molecule has 1 heterocycles. The molecule has 1 amide bonds. The normalized spacial score (nSPS) is 11.1. The van der Waals surface area contributed by atoms with E-state index in [0.29, 0.717) is 21.1 Å². The molecule has 0 fully saturated rings. The number of carbonyl (C=O) groups excluding carboxylic acids is 1. The molecular weight excluding hydrogens is 488 g/mol. The first-order valence-corrected chi connectivity index (χ1v) is 10.0. The Kier molecular flexibility index (Phi) is 6.31. The van der Waals surface area contributed by atoms with Gasteiger partial charge in [-0.25, -0.2) is 5.43 Å². The van der Waals surface area contributed by atoms with Crippen LogP contribution in [0.25, 0.3) is 0 Å². The number of rotatable bonds is 5. The van der Waals surface area contributed by atoms with Gasteiger partial charge in [-0.05, 0) is 87.2 Å². The summed E-state index contributed by atoms with van der Waals surface area (Å²) in [7, 11) is 0. The number of aryl methyl sites for hydroxylation is 2. The lowest BCUT2D eigenvalue weighted by Crippen LogP contribution is -2.17. The maximum Gasteiger partial charge on any atom is 0.271 e. The average molecular weight is 506 g/mol. The van der Waals surface area contributed by atoms with Crippen LogP contribution in [0.3, 0.4) is 0 Å². The van der Waals surface area contributed by atoms with Crippen molar-refractivity contribution in [2.45, 2.75) is 20.4 Å². The number of amides is 1. The smallest absolute Gasteiger partial charge is 0.271 e. The second kappa shape index (κ2) is 8.70. The summed E-state index contributed by atoms with van der Waals surface area (Å²) in [6, 6.07) is 12.8. The number of carbonyl (C=O) groups is 1. The molecular formula is C20H18Br2N4O2. The van der Waals surface area contributed by atoms with Crippen LogP contribution in [0.5, 0.6) is 5.75 Å². The van der Waals surface area contributed by atoms with Gasteiger partial charge in [0, 0.05) is 11.3 Å². The van der Waals surface area contributed by atoms with E-state index in [-0.39, 0.29) is 11.7 Å². The lowest BCUT2D eigenvalue weighted by atomic mass is 10.1.